The summed E-state index contributed by atoms with van der Waals surface area (Å²) in [5.41, 5.74) is 7.83. The molecule has 0 aliphatic heterocycles. The van der Waals surface area contributed by atoms with Gasteiger partial charge in [-0.3, -0.25) is 42.7 Å². The third-order valence-corrected chi connectivity index (χ3v) is 26.0. The molecule has 4 aromatic heterocycles. The van der Waals surface area contributed by atoms with Gasteiger partial charge in [-0.2, -0.15) is 0 Å². The first-order valence-electron chi connectivity index (χ1n) is 46.1. The molecule has 4 fully saturated rings. The normalized spacial score (nSPS) is 17.4. The van der Waals surface area contributed by atoms with Gasteiger partial charge in [-0.05, 0) is 318 Å². The van der Waals surface area contributed by atoms with Crippen LogP contribution in [0.5, 0.6) is 0 Å². The van der Waals surface area contributed by atoms with Crippen molar-refractivity contribution in [3.8, 4) is 36.0 Å². The van der Waals surface area contributed by atoms with Crippen LogP contribution in [0.4, 0.5) is 4.39 Å². The van der Waals surface area contributed by atoms with Gasteiger partial charge in [0.05, 0.1) is 85.9 Å². The Balaban J connectivity index is 0.000000602. The number of ether oxygens (including phenoxy) is 3. The van der Waals surface area contributed by atoms with Crippen LogP contribution in [0.1, 0.15) is 325 Å². The number of esters is 3. The fraction of sp³-hybridized carbons (Fsp3) is 0.533. The van der Waals surface area contributed by atoms with E-state index in [4.69, 9.17) is 73.5 Å². The Kier molecular flexibility index (Phi) is 55.3. The van der Waals surface area contributed by atoms with Gasteiger partial charge >= 0.3 is 48.6 Å². The van der Waals surface area contributed by atoms with Crippen LogP contribution in [0.3, 0.4) is 0 Å². The van der Waals surface area contributed by atoms with Gasteiger partial charge in [0.15, 0.2) is 23.1 Å². The van der Waals surface area contributed by atoms with Gasteiger partial charge < -0.3 is 52.9 Å². The monoisotopic (exact) mass is 2080 g/mol. The van der Waals surface area contributed by atoms with E-state index in [0.717, 1.165) is 143 Å². The van der Waals surface area contributed by atoms with Gasteiger partial charge in [0.1, 0.15) is 55.6 Å². The summed E-state index contributed by atoms with van der Waals surface area (Å²) in [5.74, 6) is 13.6. The molecule has 0 amide bonds. The van der Waals surface area contributed by atoms with Gasteiger partial charge in [-0.15, -0.1) is 6.42 Å². The van der Waals surface area contributed by atoms with Crippen molar-refractivity contribution in [2.75, 3.05) is 28.5 Å². The number of aryl methyl sites for hydroxylation is 4. The molecule has 0 saturated heterocycles. The molecule has 12 rings (SSSR count). The molecule has 0 bridgehead atoms. The van der Waals surface area contributed by atoms with Gasteiger partial charge in [-0.25, -0.2) is 19.9 Å². The number of Topliss-reactive ketones (excluding diaryl/α,β-unsaturated/α-hetero) is 4. The number of aromatic nitrogens is 8. The second-order valence-electron chi connectivity index (χ2n) is 36.4. The SMILES string of the molecule is C.C.C.C.C#CC(C)(C)O.COC(=O)C1CCC(CCC(=O)c2c(Br)nc(Cl)n2Cc2ccc(C)cc2)CC1.COC(=O)C1CCC(CCC(=O)c2c(C#CC(C)(C)O)nc(Cl)n2Cc2ccc(C)cc2)CC1.COC(=O)C1CCC(CCC(=O)c2cnc(Cl)n2Cc2ccc(C)cc2)CC1.Cc1ccc(Cn2c(Cl)nc(C#CC(C)(C)O)c2C(=O)CCC2CCC(C(=O)O)CC2)cc1.[2H]CF.[B]=NS. The average molecular weight is 2080 g/mol. The van der Waals surface area contributed by atoms with E-state index >= 15 is 0 Å². The Morgan fingerprint density at radius 2 is 0.705 bits per heavy atom. The van der Waals surface area contributed by atoms with E-state index < -0.39 is 29.9 Å². The van der Waals surface area contributed by atoms with E-state index in [1.54, 1.807) is 66.0 Å². The molecule has 4 aliphatic carbocycles. The van der Waals surface area contributed by atoms with Crippen molar-refractivity contribution in [1.29, 1.82) is 0 Å². The first-order chi connectivity index (χ1) is 64.3. The fourth-order valence-corrected chi connectivity index (χ4v) is 18.0. The minimum atomic E-state index is -1.23. The minimum absolute atomic E-state index is 0. The number of terminal acetylenes is 1. The molecular formula is C107H145BBrCl4FN9O15S. The topological polar surface area (TPSA) is 329 Å². The summed E-state index contributed by atoms with van der Waals surface area (Å²) >= 11 is 32.0. The van der Waals surface area contributed by atoms with Crippen molar-refractivity contribution in [2.45, 2.75) is 296 Å². The van der Waals surface area contributed by atoms with Crippen LogP contribution in [-0.4, -0.2) is 159 Å². The predicted octanol–water partition coefficient (Wildman–Crippen LogP) is 24.0. The van der Waals surface area contributed by atoms with Gasteiger partial charge in [0.25, 0.3) is 0 Å². The number of carboxylic acid groups (broad SMARTS) is 1. The molecule has 1 radical (unpaired) electrons. The van der Waals surface area contributed by atoms with Crippen LogP contribution in [0.15, 0.2) is 112 Å². The standard InChI is InChI=1S/C27H33ClN2O4.C26H31ClN2O4.C22H26BrClN2O3.C22H27ClN2O3.C5H8O.CH3F.4CH4.BHNS/c1-18-5-7-20(8-6-18)17-30-24(22(29-26(30)28)15-16-27(2,3)33)23(31)14-11-19-9-12-21(13-10-19)25(32)34-4;1-17-4-6-19(7-5-17)16-29-23(21(28-25(29)27)14-15-26(2,3)33)22(30)13-10-18-8-11-20(12-9-18)24(31)32;1-14-3-5-16(6-4-14)13-26-19(20(23)25-22(26)24)18(27)12-9-15-7-10-17(11-8-15)21(28)29-2;1-15-3-5-17(6-4-15)14-25-19(13-24-22(25)23)20(26)12-9-16-7-10-18(11-8-16)21(27)28-2;1-4-5(2,3)6;1-2;;;;;1-2-3/h5-8,19,21,33H,9-14,17H2,1-4H3;4-7,18,20,33H,8-13,16H2,1-3H3,(H,31,32);3-6,15,17H,7-13H2,1-2H3;3-6,13,16,18H,7-12,14H2,1-2H3;1,6H,2-3H3;1H3;4*1H4;3H/i;;;;;1D;;;;;. The van der Waals surface area contributed by atoms with E-state index in [1.807, 2.05) is 125 Å². The Labute approximate surface area is 860 Å². The molecule has 0 atom stereocenters. The predicted molar refractivity (Wildman–Crippen MR) is 560 cm³/mol. The summed E-state index contributed by atoms with van der Waals surface area (Å²) in [6.45, 7) is 19.4. The molecule has 4 aromatic carbocycles. The van der Waals surface area contributed by atoms with Crippen LogP contribution in [-0.2, 0) is 59.6 Å². The van der Waals surface area contributed by atoms with Crippen molar-refractivity contribution in [3.63, 3.8) is 0 Å². The van der Waals surface area contributed by atoms with E-state index in [9.17, 15) is 58.1 Å². The number of ketones is 4. The number of carboxylic acids is 1. The number of nitrogens with zero attached hydrogens (tertiary/aromatic N) is 9. The van der Waals surface area contributed by atoms with Gasteiger partial charge in [0.2, 0.25) is 21.1 Å². The molecular weight excluding hydrogens is 1930 g/mol. The number of carbonyl (C=O) groups excluding carboxylic acids is 7. The van der Waals surface area contributed by atoms with E-state index in [-0.39, 0.29) is 111 Å². The fourth-order valence-electron chi connectivity index (χ4n) is 16.4. The van der Waals surface area contributed by atoms with Crippen molar-refractivity contribution < 1.29 is 78.8 Å². The molecule has 0 spiro atoms. The van der Waals surface area contributed by atoms with Crippen LogP contribution >= 0.6 is 75.1 Å². The van der Waals surface area contributed by atoms with Crippen molar-refractivity contribution >= 4 is 130 Å². The summed E-state index contributed by atoms with van der Waals surface area (Å²) in [6, 6.07) is 32.4. The summed E-state index contributed by atoms with van der Waals surface area (Å²) < 4.78 is 40.2. The Morgan fingerprint density at radius 3 is 0.964 bits per heavy atom. The Bertz CT molecular complexity index is 5440. The summed E-state index contributed by atoms with van der Waals surface area (Å²) in [7, 11) is 7.65. The quantitative estimate of drug-likeness (QED) is 0.00759. The molecule has 0 unspecified atom stereocenters. The molecule has 4 heterocycles. The van der Waals surface area contributed by atoms with Crippen molar-refractivity contribution in [1.82, 2.24) is 38.2 Å². The second kappa shape index (κ2) is 62.1. The number of alkyl halides is 1. The van der Waals surface area contributed by atoms with Crippen molar-refractivity contribution in [2.24, 2.45) is 51.6 Å². The molecule has 4 saturated carbocycles. The number of thiol groups is 1. The van der Waals surface area contributed by atoms with Gasteiger partial charge in [0, 0.05) is 25.7 Å². The maximum atomic E-state index is 13.4. The number of imidazole rings is 4. The Morgan fingerprint density at radius 1 is 0.460 bits per heavy atom. The first-order valence-corrected chi connectivity index (χ1v) is 48.1. The van der Waals surface area contributed by atoms with Crippen LogP contribution in [0, 0.1) is 111 Å². The number of carbonyl (C=O) groups is 8. The van der Waals surface area contributed by atoms with Crippen LogP contribution in [0.2, 0.25) is 21.1 Å². The third-order valence-electron chi connectivity index (χ3n) is 24.2. The molecule has 8 aromatic rings. The molecule has 139 heavy (non-hydrogen) atoms. The summed E-state index contributed by atoms with van der Waals surface area (Å²) in [5, 5.41) is 38.9. The summed E-state index contributed by atoms with van der Waals surface area (Å²) in [4.78, 5) is 116. The molecule has 759 valence electrons. The third kappa shape index (κ3) is 42.4. The zero-order chi connectivity index (χ0) is 101. The second-order valence-corrected chi connectivity index (χ2v) is 38.8. The summed E-state index contributed by atoms with van der Waals surface area (Å²) in [6.07, 6.45) is 24.6. The number of hydrogen-bond donors (Lipinski definition) is 5. The number of hydrogen-bond acceptors (Lipinski definition) is 20. The first kappa shape index (κ1) is 124. The molecule has 4 N–H and O–H groups in total. The number of aliphatic carboxylic acids is 1. The van der Waals surface area contributed by atoms with E-state index in [0.29, 0.717) is 138 Å². The molecule has 24 nitrogen and oxygen atoms in total. The van der Waals surface area contributed by atoms with Crippen molar-refractivity contribution in [3.05, 3.63) is 208 Å². The zero-order valence-electron chi connectivity index (χ0n) is 80.6. The van der Waals surface area contributed by atoms with Crippen LogP contribution < -0.4 is 0 Å². The molecule has 32 heteroatoms. The average Bonchev–Trinajstić information content (AvgIpc) is 1.65. The number of methoxy groups -OCH3 is 3. The number of aliphatic hydroxyl groups is 3. The Hall–Kier alpha value is -9.38. The zero-order valence-corrected chi connectivity index (χ0v) is 85.1. The number of benzene rings is 4. The van der Waals surface area contributed by atoms with Gasteiger partial charge in [-0.1, -0.05) is 167 Å². The number of rotatable bonds is 28. The van der Waals surface area contributed by atoms with Crippen LogP contribution in [0.25, 0.3) is 0 Å². The molecule has 4 aliphatic rings. The maximum absolute atomic E-state index is 13.4. The van der Waals surface area contributed by atoms with E-state index in [1.165, 1.54) is 32.5 Å². The number of halogens is 6. The van der Waals surface area contributed by atoms with E-state index in [2.05, 4.69) is 90.2 Å².